The van der Waals surface area contributed by atoms with Crippen molar-refractivity contribution in [3.63, 3.8) is 0 Å². The molecule has 1 amide bonds. The summed E-state index contributed by atoms with van der Waals surface area (Å²) in [6, 6.07) is -0.496. The van der Waals surface area contributed by atoms with E-state index in [0.717, 1.165) is 19.3 Å². The van der Waals surface area contributed by atoms with Crippen LogP contribution < -0.4 is 5.32 Å². The van der Waals surface area contributed by atoms with Crippen LogP contribution in [0.2, 0.25) is 0 Å². The quantitative estimate of drug-likeness (QED) is 0.780. The van der Waals surface area contributed by atoms with Crippen LogP contribution in [0.1, 0.15) is 46.5 Å². The first kappa shape index (κ1) is 14.6. The first-order chi connectivity index (χ1) is 8.33. The van der Waals surface area contributed by atoms with Gasteiger partial charge in [-0.1, -0.05) is 12.3 Å². The summed E-state index contributed by atoms with van der Waals surface area (Å²) in [6.07, 6.45) is 7.65. The number of hydrogen-bond donors (Lipinski definition) is 1. The van der Waals surface area contributed by atoms with Crippen LogP contribution in [-0.2, 0) is 9.53 Å². The highest BCUT2D eigenvalue weighted by Gasteiger charge is 2.34. The van der Waals surface area contributed by atoms with Crippen LogP contribution in [0, 0.1) is 18.3 Å². The molecule has 18 heavy (non-hydrogen) atoms. The largest absolute Gasteiger partial charge is 0.444 e. The van der Waals surface area contributed by atoms with Gasteiger partial charge in [0.15, 0.2) is 5.78 Å². The molecule has 1 rings (SSSR count). The molecule has 0 aromatic heterocycles. The fourth-order valence-corrected chi connectivity index (χ4v) is 1.88. The van der Waals surface area contributed by atoms with Gasteiger partial charge < -0.3 is 10.1 Å². The molecule has 0 bridgehead atoms. The van der Waals surface area contributed by atoms with Crippen LogP contribution in [0.3, 0.4) is 0 Å². The Morgan fingerprint density at radius 2 is 2.06 bits per heavy atom. The van der Waals surface area contributed by atoms with Gasteiger partial charge in [-0.3, -0.25) is 4.79 Å². The number of nitrogens with one attached hydrogen (secondary N) is 1. The Morgan fingerprint density at radius 3 is 2.44 bits per heavy atom. The van der Waals surface area contributed by atoms with Gasteiger partial charge in [0.05, 0.1) is 12.5 Å². The predicted molar refractivity (Wildman–Crippen MR) is 69.0 cm³/mol. The predicted octanol–water partition coefficient (Wildman–Crippen LogP) is 2.27. The van der Waals surface area contributed by atoms with E-state index in [1.54, 1.807) is 20.8 Å². The second kappa shape index (κ2) is 5.90. The smallest absolute Gasteiger partial charge is 0.408 e. The van der Waals surface area contributed by atoms with E-state index in [-0.39, 0.29) is 18.1 Å². The number of rotatable bonds is 4. The first-order valence-corrected chi connectivity index (χ1v) is 6.29. The van der Waals surface area contributed by atoms with Crippen LogP contribution in [0.5, 0.6) is 0 Å². The van der Waals surface area contributed by atoms with Crippen LogP contribution in [0.4, 0.5) is 4.79 Å². The van der Waals surface area contributed by atoms with E-state index in [4.69, 9.17) is 11.2 Å². The summed E-state index contributed by atoms with van der Waals surface area (Å²) >= 11 is 0. The van der Waals surface area contributed by atoms with Crippen molar-refractivity contribution in [1.29, 1.82) is 0 Å². The molecule has 0 aliphatic heterocycles. The van der Waals surface area contributed by atoms with Crippen molar-refractivity contribution in [2.75, 3.05) is 0 Å². The molecule has 100 valence electrons. The van der Waals surface area contributed by atoms with Gasteiger partial charge in [-0.15, -0.1) is 6.42 Å². The van der Waals surface area contributed by atoms with Crippen molar-refractivity contribution in [1.82, 2.24) is 5.32 Å². The number of ether oxygens (including phenoxy) is 1. The molecule has 0 spiro atoms. The van der Waals surface area contributed by atoms with E-state index in [1.807, 2.05) is 0 Å². The molecule has 4 nitrogen and oxygen atoms in total. The maximum absolute atomic E-state index is 11.9. The number of hydrogen-bond acceptors (Lipinski definition) is 3. The molecule has 1 aliphatic rings. The third-order valence-corrected chi connectivity index (χ3v) is 2.92. The molecule has 0 heterocycles. The molecular weight excluding hydrogens is 230 g/mol. The molecule has 1 N–H and O–H groups in total. The number of amides is 1. The van der Waals surface area contributed by atoms with Crippen molar-refractivity contribution in [2.24, 2.45) is 5.92 Å². The highest BCUT2D eigenvalue weighted by atomic mass is 16.6. The Balaban J connectivity index is 2.59. The minimum Gasteiger partial charge on any atom is -0.444 e. The van der Waals surface area contributed by atoms with E-state index in [1.165, 1.54) is 0 Å². The fourth-order valence-electron chi connectivity index (χ4n) is 1.88. The topological polar surface area (TPSA) is 55.4 Å². The SMILES string of the molecule is C#CCC(=O)C(NC(=O)OC(C)(C)C)C1CCC1. The van der Waals surface area contributed by atoms with Gasteiger partial charge in [-0.05, 0) is 39.5 Å². The van der Waals surface area contributed by atoms with E-state index in [0.29, 0.717) is 0 Å². The maximum Gasteiger partial charge on any atom is 0.408 e. The highest BCUT2D eigenvalue weighted by molar-refractivity contribution is 5.89. The van der Waals surface area contributed by atoms with Crippen LogP contribution >= 0.6 is 0 Å². The van der Waals surface area contributed by atoms with Gasteiger partial charge in [0.25, 0.3) is 0 Å². The molecular formula is C14H21NO3. The summed E-state index contributed by atoms with van der Waals surface area (Å²) in [4.78, 5) is 23.6. The van der Waals surface area contributed by atoms with E-state index in [9.17, 15) is 9.59 Å². The second-order valence-electron chi connectivity index (χ2n) is 5.66. The summed E-state index contributed by atoms with van der Waals surface area (Å²) in [6.45, 7) is 5.36. The minimum absolute atomic E-state index is 0.0525. The Labute approximate surface area is 108 Å². The lowest BCUT2D eigenvalue weighted by Gasteiger charge is -2.33. The fraction of sp³-hybridized carbons (Fsp3) is 0.714. The number of Topliss-reactive ketones (excluding diaryl/α,β-unsaturated/α-hetero) is 1. The monoisotopic (exact) mass is 251 g/mol. The number of terminal acetylenes is 1. The molecule has 0 aromatic carbocycles. The van der Waals surface area contributed by atoms with Gasteiger partial charge >= 0.3 is 6.09 Å². The zero-order chi connectivity index (χ0) is 13.8. The lowest BCUT2D eigenvalue weighted by molar-refractivity contribution is -0.122. The van der Waals surface area contributed by atoms with Gasteiger partial charge in [0.1, 0.15) is 5.60 Å². The Morgan fingerprint density at radius 1 is 1.44 bits per heavy atom. The number of ketones is 1. The van der Waals surface area contributed by atoms with Crippen LogP contribution in [0.15, 0.2) is 0 Å². The van der Waals surface area contributed by atoms with Crippen molar-refractivity contribution >= 4 is 11.9 Å². The Hall–Kier alpha value is -1.50. The standard InChI is InChI=1S/C14H21NO3/c1-5-7-11(16)12(10-8-6-9-10)15-13(17)18-14(2,3)4/h1,10,12H,6-9H2,2-4H3,(H,15,17). The molecule has 1 unspecified atom stereocenters. The third-order valence-electron chi connectivity index (χ3n) is 2.92. The molecule has 0 saturated heterocycles. The maximum atomic E-state index is 11.9. The highest BCUT2D eigenvalue weighted by Crippen LogP contribution is 2.30. The minimum atomic E-state index is -0.566. The van der Waals surface area contributed by atoms with E-state index < -0.39 is 17.7 Å². The average molecular weight is 251 g/mol. The van der Waals surface area contributed by atoms with E-state index >= 15 is 0 Å². The lowest BCUT2D eigenvalue weighted by atomic mass is 9.78. The van der Waals surface area contributed by atoms with Gasteiger partial charge in [-0.2, -0.15) is 0 Å². The van der Waals surface area contributed by atoms with Crippen LogP contribution in [-0.4, -0.2) is 23.5 Å². The van der Waals surface area contributed by atoms with Crippen molar-refractivity contribution in [3.05, 3.63) is 0 Å². The number of alkyl carbamates (subject to hydrolysis) is 1. The third kappa shape index (κ3) is 4.40. The lowest BCUT2D eigenvalue weighted by Crippen LogP contribution is -2.49. The summed E-state index contributed by atoms with van der Waals surface area (Å²) in [5.74, 6) is 2.43. The molecule has 1 aliphatic carbocycles. The van der Waals surface area contributed by atoms with Crippen molar-refractivity contribution in [3.8, 4) is 12.3 Å². The number of carbonyl (C=O) groups is 2. The molecule has 0 aromatic rings. The molecule has 4 heteroatoms. The van der Waals surface area contributed by atoms with Crippen LogP contribution in [0.25, 0.3) is 0 Å². The molecule has 1 atom stereocenters. The average Bonchev–Trinajstić information content (AvgIpc) is 2.11. The molecule has 0 radical (unpaired) electrons. The van der Waals surface area contributed by atoms with Crippen molar-refractivity contribution < 1.29 is 14.3 Å². The summed E-state index contributed by atoms with van der Waals surface area (Å²) in [5, 5.41) is 2.65. The Bertz CT molecular complexity index is 358. The van der Waals surface area contributed by atoms with Crippen molar-refractivity contribution in [2.45, 2.75) is 58.1 Å². The zero-order valence-corrected chi connectivity index (χ0v) is 11.3. The van der Waals surface area contributed by atoms with Gasteiger partial charge in [0.2, 0.25) is 0 Å². The summed E-state index contributed by atoms with van der Waals surface area (Å²) in [7, 11) is 0. The first-order valence-electron chi connectivity index (χ1n) is 6.29. The molecule has 1 fully saturated rings. The second-order valence-corrected chi connectivity index (χ2v) is 5.66. The summed E-state index contributed by atoms with van der Waals surface area (Å²) in [5.41, 5.74) is -0.566. The number of carbonyl (C=O) groups excluding carboxylic acids is 2. The molecule has 1 saturated carbocycles. The van der Waals surface area contributed by atoms with Gasteiger partial charge in [0, 0.05) is 0 Å². The van der Waals surface area contributed by atoms with Gasteiger partial charge in [-0.25, -0.2) is 4.79 Å². The zero-order valence-electron chi connectivity index (χ0n) is 11.3. The Kier molecular flexibility index (Phi) is 4.77. The normalized spacial score (nSPS) is 17.2. The van der Waals surface area contributed by atoms with E-state index in [2.05, 4.69) is 11.2 Å². The summed E-state index contributed by atoms with van der Waals surface area (Å²) < 4.78 is 5.16.